The lowest BCUT2D eigenvalue weighted by Gasteiger charge is -2.39. The Labute approximate surface area is 267 Å². The van der Waals surface area contributed by atoms with E-state index in [2.05, 4.69) is 16.8 Å². The van der Waals surface area contributed by atoms with Crippen LogP contribution in [-0.4, -0.2) is 64.1 Å². The van der Waals surface area contributed by atoms with Crippen LogP contribution in [0.5, 0.6) is 5.75 Å². The highest BCUT2D eigenvalue weighted by molar-refractivity contribution is 5.93. The molecule has 44 heavy (non-hydrogen) atoms. The zero-order valence-electron chi connectivity index (χ0n) is 26.5. The van der Waals surface area contributed by atoms with Crippen molar-refractivity contribution in [1.29, 1.82) is 0 Å². The highest BCUT2D eigenvalue weighted by Crippen LogP contribution is 2.37. The Kier molecular flexibility index (Phi) is 12.7. The molecule has 2 N–H and O–H groups in total. The van der Waals surface area contributed by atoms with Gasteiger partial charge in [0.25, 0.3) is 5.56 Å². The molecule has 1 atom stereocenters. The lowest BCUT2D eigenvalue weighted by Crippen LogP contribution is -2.53. The second kappa shape index (κ2) is 16.4. The molecular weight excluding hydrogens is 578 g/mol. The number of hydrogen-bond acceptors (Lipinski definition) is 7. The van der Waals surface area contributed by atoms with Gasteiger partial charge in [-0.15, -0.1) is 12.4 Å². The number of fused-ring (bicyclic) bond motifs is 1. The van der Waals surface area contributed by atoms with Crippen molar-refractivity contribution in [3.05, 3.63) is 46.8 Å². The van der Waals surface area contributed by atoms with E-state index in [1.54, 1.807) is 24.0 Å². The molecule has 242 valence electrons. The van der Waals surface area contributed by atoms with E-state index in [0.717, 1.165) is 55.8 Å². The fourth-order valence-electron chi connectivity index (χ4n) is 6.08. The minimum absolute atomic E-state index is 0. The average Bonchev–Trinajstić information content (AvgIpc) is 3.75. The number of carbonyl (C=O) groups excluding carboxylic acids is 1. The van der Waals surface area contributed by atoms with Crippen molar-refractivity contribution >= 4 is 29.3 Å². The molecule has 0 radical (unpaired) electrons. The van der Waals surface area contributed by atoms with Crippen molar-refractivity contribution in [2.24, 2.45) is 18.7 Å². The predicted molar refractivity (Wildman–Crippen MR) is 177 cm³/mol. The number of nitrogens with zero attached hydrogens (tertiary/aromatic N) is 4. The van der Waals surface area contributed by atoms with E-state index in [0.29, 0.717) is 48.8 Å². The third-order valence-corrected chi connectivity index (χ3v) is 8.97. The number of nitrogens with two attached hydrogens (primary N) is 1. The molecule has 0 spiro atoms. The summed E-state index contributed by atoms with van der Waals surface area (Å²) in [5, 5.41) is 0.567. The highest BCUT2D eigenvalue weighted by atomic mass is 35.5. The minimum atomic E-state index is -0.0849. The molecule has 0 bridgehead atoms. The van der Waals surface area contributed by atoms with Crippen molar-refractivity contribution in [3.8, 4) is 16.9 Å². The van der Waals surface area contributed by atoms with Crippen LogP contribution in [0.2, 0.25) is 0 Å². The molecule has 1 amide bonds. The summed E-state index contributed by atoms with van der Waals surface area (Å²) in [6, 6.07) is 4.01. The molecule has 2 aliphatic rings. The lowest BCUT2D eigenvalue weighted by molar-refractivity contribution is -0.134. The summed E-state index contributed by atoms with van der Waals surface area (Å²) < 4.78 is 14.1. The molecule has 1 saturated carbocycles. The van der Waals surface area contributed by atoms with Gasteiger partial charge in [0.2, 0.25) is 5.91 Å². The van der Waals surface area contributed by atoms with Gasteiger partial charge in [-0.1, -0.05) is 38.5 Å². The van der Waals surface area contributed by atoms with Crippen LogP contribution in [0, 0.1) is 5.92 Å². The Hall–Kier alpha value is -2.88. The van der Waals surface area contributed by atoms with E-state index in [4.69, 9.17) is 14.9 Å². The second-order valence-electron chi connectivity index (χ2n) is 12.6. The summed E-state index contributed by atoms with van der Waals surface area (Å²) in [5.41, 5.74) is 7.75. The molecule has 0 aromatic carbocycles. The Morgan fingerprint density at radius 3 is 2.50 bits per heavy atom. The minimum Gasteiger partial charge on any atom is -0.491 e. The van der Waals surface area contributed by atoms with Gasteiger partial charge in [-0.2, -0.15) is 0 Å². The van der Waals surface area contributed by atoms with Crippen LogP contribution < -0.4 is 16.0 Å². The Bertz CT molecular complexity index is 1420. The molecule has 10 heteroatoms. The Morgan fingerprint density at radius 1 is 1.07 bits per heavy atom. The van der Waals surface area contributed by atoms with Gasteiger partial charge in [0, 0.05) is 62.7 Å². The van der Waals surface area contributed by atoms with Crippen LogP contribution >= 0.6 is 12.4 Å². The topological polar surface area (TPSA) is 107 Å². The van der Waals surface area contributed by atoms with E-state index in [1.165, 1.54) is 44.9 Å². The Balaban J connectivity index is 0.00000442. The monoisotopic (exact) mass is 627 g/mol. The lowest BCUT2D eigenvalue weighted by atomic mass is 10.1. The molecular formula is C34H50ClN5O4. The largest absolute Gasteiger partial charge is 0.491 e. The number of aryl methyl sites for hydroxylation is 1. The van der Waals surface area contributed by atoms with Crippen LogP contribution in [0.25, 0.3) is 22.1 Å². The van der Waals surface area contributed by atoms with Crippen molar-refractivity contribution in [2.75, 3.05) is 32.8 Å². The van der Waals surface area contributed by atoms with Gasteiger partial charge in [-0.05, 0) is 57.2 Å². The summed E-state index contributed by atoms with van der Waals surface area (Å²) in [7, 11) is 1.77. The van der Waals surface area contributed by atoms with Crippen molar-refractivity contribution in [3.63, 3.8) is 0 Å². The first-order valence-electron chi connectivity index (χ1n) is 16.4. The fraction of sp³-hybridized carbons (Fsp3) is 0.618. The maximum absolute atomic E-state index is 13.1. The zero-order valence-corrected chi connectivity index (χ0v) is 27.3. The van der Waals surface area contributed by atoms with E-state index in [1.807, 2.05) is 23.2 Å². The summed E-state index contributed by atoms with van der Waals surface area (Å²) in [4.78, 5) is 34.7. The van der Waals surface area contributed by atoms with E-state index >= 15 is 0 Å². The summed E-state index contributed by atoms with van der Waals surface area (Å²) in [5.74, 6) is 2.35. The van der Waals surface area contributed by atoms with Gasteiger partial charge in [0.15, 0.2) is 0 Å². The summed E-state index contributed by atoms with van der Waals surface area (Å²) in [6.45, 7) is 6.44. The number of rotatable bonds is 16. The first kappa shape index (κ1) is 34.0. The van der Waals surface area contributed by atoms with Crippen LogP contribution in [0.3, 0.4) is 0 Å². The number of hydrogen-bond donors (Lipinski definition) is 1. The van der Waals surface area contributed by atoms with E-state index in [9.17, 15) is 9.59 Å². The maximum Gasteiger partial charge on any atom is 0.261 e. The quantitative estimate of drug-likeness (QED) is 0.197. The van der Waals surface area contributed by atoms with E-state index in [-0.39, 0.29) is 29.9 Å². The van der Waals surface area contributed by atoms with E-state index < -0.39 is 0 Å². The number of pyridine rings is 2. The van der Waals surface area contributed by atoms with Crippen LogP contribution in [-0.2, 0) is 18.4 Å². The summed E-state index contributed by atoms with van der Waals surface area (Å²) >= 11 is 0. The number of ether oxygens (including phenoxy) is 1. The van der Waals surface area contributed by atoms with Crippen LogP contribution in [0.1, 0.15) is 83.3 Å². The number of unbranched alkanes of at least 4 members (excludes halogenated alkanes) is 7. The molecule has 1 aliphatic heterocycles. The number of amides is 1. The number of aromatic nitrogens is 2. The SMILES string of the molecule is CC1CN(C(=O)CCCCCCCCCCN)CCN1Cc1cc2c(=O)n(C)cc(-c3ccncc3OCC3CC3)c2o1.Cl. The van der Waals surface area contributed by atoms with Crippen molar-refractivity contribution in [2.45, 2.75) is 90.1 Å². The zero-order chi connectivity index (χ0) is 30.2. The maximum atomic E-state index is 13.1. The second-order valence-corrected chi connectivity index (χ2v) is 12.6. The van der Waals surface area contributed by atoms with Crippen LogP contribution in [0.4, 0.5) is 0 Å². The first-order chi connectivity index (χ1) is 20.9. The molecule has 3 aromatic heterocycles. The van der Waals surface area contributed by atoms with Gasteiger partial charge in [-0.25, -0.2) is 0 Å². The van der Waals surface area contributed by atoms with Gasteiger partial charge in [-0.3, -0.25) is 19.5 Å². The van der Waals surface area contributed by atoms with Gasteiger partial charge >= 0.3 is 0 Å². The van der Waals surface area contributed by atoms with Gasteiger partial charge in [0.1, 0.15) is 17.1 Å². The third kappa shape index (κ3) is 8.86. The fourth-order valence-corrected chi connectivity index (χ4v) is 6.08. The van der Waals surface area contributed by atoms with Crippen molar-refractivity contribution < 1.29 is 13.9 Å². The van der Waals surface area contributed by atoms with Gasteiger partial charge in [0.05, 0.1) is 24.7 Å². The molecule has 9 nitrogen and oxygen atoms in total. The molecule has 1 aliphatic carbocycles. The molecule has 4 heterocycles. The average molecular weight is 628 g/mol. The highest BCUT2D eigenvalue weighted by Gasteiger charge is 2.28. The normalized spacial score (nSPS) is 17.2. The molecule has 3 aromatic rings. The molecule has 1 unspecified atom stereocenters. The first-order valence-corrected chi connectivity index (χ1v) is 16.4. The Morgan fingerprint density at radius 2 is 1.80 bits per heavy atom. The number of furan rings is 1. The van der Waals surface area contributed by atoms with Gasteiger partial charge < -0.3 is 24.4 Å². The van der Waals surface area contributed by atoms with Crippen molar-refractivity contribution in [1.82, 2.24) is 19.4 Å². The number of piperazine rings is 1. The molecule has 2 fully saturated rings. The smallest absolute Gasteiger partial charge is 0.261 e. The predicted octanol–water partition coefficient (Wildman–Crippen LogP) is 5.91. The number of carbonyl (C=O) groups is 1. The number of halogens is 1. The third-order valence-electron chi connectivity index (χ3n) is 8.97. The molecule has 1 saturated heterocycles. The van der Waals surface area contributed by atoms with Crippen LogP contribution in [0.15, 0.2) is 39.9 Å². The molecule has 5 rings (SSSR count). The summed E-state index contributed by atoms with van der Waals surface area (Å²) in [6.07, 6.45) is 17.8. The standard InChI is InChI=1S/C34H49N5O4.ClH/c1-25-21-39(32(40)11-9-7-5-3-4-6-8-10-15-35)18-17-38(25)22-27-19-29-33(43-27)30(23-37(2)34(29)41)28-14-16-36-20-31(28)42-24-26-12-13-26;/h14,16,19-20,23,25-26H,3-13,15,17-18,21-22,24,35H2,1-2H3;1H.